The predicted octanol–water partition coefficient (Wildman–Crippen LogP) is -8.31. The number of carbonyl (C=O) groups is 4. The molecule has 392 valence electrons. The molecule has 15 unspecified atom stereocenters. The fourth-order valence-corrected chi connectivity index (χ4v) is 6.74. The van der Waals surface area contributed by atoms with Crippen LogP contribution in [0.25, 0.3) is 0 Å². The molecule has 0 saturated carbocycles. The highest BCUT2D eigenvalue weighted by Crippen LogP contribution is 2.31. The molecule has 2 rings (SSSR count). The van der Waals surface area contributed by atoms with Gasteiger partial charge < -0.3 is 132 Å². The maximum atomic E-state index is 12.5. The minimum Gasteiger partial charge on any atom is -0.507 e. The van der Waals surface area contributed by atoms with Gasteiger partial charge in [-0.25, -0.2) is 0 Å². The van der Waals surface area contributed by atoms with Crippen LogP contribution < -0.4 is 27.0 Å². The number of aliphatic hydroxyl groups excluding tert-OH is 14. The Labute approximate surface area is 387 Å². The van der Waals surface area contributed by atoms with E-state index >= 15 is 0 Å². The van der Waals surface area contributed by atoms with Crippen molar-refractivity contribution in [1.82, 2.24) is 21.3 Å². The molecule has 2 aliphatic heterocycles. The van der Waals surface area contributed by atoms with Crippen LogP contribution in [-0.4, -0.2) is 232 Å². The van der Waals surface area contributed by atoms with E-state index in [0.717, 1.165) is 27.7 Å². The summed E-state index contributed by atoms with van der Waals surface area (Å²) in [5.41, 5.74) is 3.16. The van der Waals surface area contributed by atoms with Crippen molar-refractivity contribution in [3.8, 4) is 0 Å². The molecular formula is C38H65N5O25. The Balaban J connectivity index is 2.61. The number of nitrogens with one attached hydrogen (secondary N) is 4. The van der Waals surface area contributed by atoms with E-state index in [2.05, 4.69) is 16.0 Å². The Morgan fingerprint density at radius 3 is 1.43 bits per heavy atom. The Kier molecular flexibility index (Phi) is 25.0. The van der Waals surface area contributed by atoms with Crippen molar-refractivity contribution >= 4 is 23.6 Å². The molecule has 2 saturated heterocycles. The third-order valence-corrected chi connectivity index (χ3v) is 9.93. The lowest BCUT2D eigenvalue weighted by atomic mass is 9.96. The SMILES string of the molecule is CC(=O)N/C(=C(\O)C(CCO)OC1OC(CO)C(O)C(O)C1N)C(O)OC1C(CO)OC(OC(CCO)/C(O)=C(/NC(C)=O)C(O)OC(CCO)/C(O)=C(\NC(C)=O)C(O)O)C(NC(C)=O)C1O. The maximum Gasteiger partial charge on any atom is 0.221 e. The molecule has 0 bridgehead atoms. The Bertz CT molecular complexity index is 1750. The van der Waals surface area contributed by atoms with E-state index < -0.39 is 209 Å². The molecule has 0 aromatic rings. The summed E-state index contributed by atoms with van der Waals surface area (Å²) >= 11 is 0. The molecule has 30 nitrogen and oxygen atoms in total. The summed E-state index contributed by atoms with van der Waals surface area (Å²) in [5.74, 6) is -7.04. The molecule has 0 radical (unpaired) electrons. The van der Waals surface area contributed by atoms with Gasteiger partial charge in [-0.1, -0.05) is 0 Å². The van der Waals surface area contributed by atoms with Crippen molar-refractivity contribution in [2.24, 2.45) is 5.73 Å². The molecule has 4 amide bonds. The molecule has 2 aliphatic rings. The lowest BCUT2D eigenvalue weighted by Gasteiger charge is -2.45. The zero-order valence-corrected chi connectivity index (χ0v) is 37.3. The van der Waals surface area contributed by atoms with Crippen molar-refractivity contribution in [2.75, 3.05) is 33.0 Å². The minimum atomic E-state index is -2.52. The number of hydrogen-bond donors (Lipinski definition) is 20. The van der Waals surface area contributed by atoms with E-state index in [1.165, 1.54) is 0 Å². The highest BCUT2D eigenvalue weighted by Gasteiger charge is 2.50. The fourth-order valence-electron chi connectivity index (χ4n) is 6.74. The van der Waals surface area contributed by atoms with E-state index in [4.69, 9.17) is 34.2 Å². The number of carbonyl (C=O) groups excluding carboxylic acids is 4. The number of ether oxygens (including phenoxy) is 6. The zero-order valence-electron chi connectivity index (χ0n) is 37.3. The highest BCUT2D eigenvalue weighted by molar-refractivity contribution is 5.76. The smallest absolute Gasteiger partial charge is 0.221 e. The summed E-state index contributed by atoms with van der Waals surface area (Å²) in [7, 11) is 0. The first kappa shape index (κ1) is 59.9. The highest BCUT2D eigenvalue weighted by atomic mass is 16.7. The second-order valence-electron chi connectivity index (χ2n) is 15.3. The number of aliphatic hydroxyl groups is 15. The molecule has 21 N–H and O–H groups in total. The summed E-state index contributed by atoms with van der Waals surface area (Å²) in [6.45, 7) is -0.521. The van der Waals surface area contributed by atoms with E-state index in [0.29, 0.717) is 0 Å². The van der Waals surface area contributed by atoms with Gasteiger partial charge in [-0.2, -0.15) is 0 Å². The minimum absolute atomic E-state index is 0.520. The van der Waals surface area contributed by atoms with Crippen molar-refractivity contribution in [2.45, 2.75) is 145 Å². The van der Waals surface area contributed by atoms with Gasteiger partial charge >= 0.3 is 0 Å². The van der Waals surface area contributed by atoms with Crippen LogP contribution in [0, 0.1) is 0 Å². The number of amides is 4. The lowest BCUT2D eigenvalue weighted by molar-refractivity contribution is -0.303. The van der Waals surface area contributed by atoms with Crippen LogP contribution in [0.15, 0.2) is 34.4 Å². The van der Waals surface area contributed by atoms with Crippen molar-refractivity contribution in [3.05, 3.63) is 34.4 Å². The molecule has 2 heterocycles. The topological polar surface area (TPSA) is 501 Å². The van der Waals surface area contributed by atoms with Gasteiger partial charge in [-0.15, -0.1) is 0 Å². The summed E-state index contributed by atoms with van der Waals surface area (Å²) in [6.07, 6.45) is -29.2. The van der Waals surface area contributed by atoms with Gasteiger partial charge in [-0.3, -0.25) is 19.2 Å². The Morgan fingerprint density at radius 2 is 0.985 bits per heavy atom. The van der Waals surface area contributed by atoms with Crippen LogP contribution in [-0.2, 0) is 47.6 Å². The van der Waals surface area contributed by atoms with Gasteiger partial charge in [0.05, 0.1) is 19.3 Å². The molecule has 0 aliphatic carbocycles. The number of nitrogens with two attached hydrogens (primary N) is 1. The summed E-state index contributed by atoms with van der Waals surface area (Å²) in [4.78, 5) is 48.7. The van der Waals surface area contributed by atoms with Gasteiger partial charge in [0.25, 0.3) is 0 Å². The van der Waals surface area contributed by atoms with Gasteiger partial charge in [0.15, 0.2) is 25.2 Å². The molecule has 2 fully saturated rings. The summed E-state index contributed by atoms with van der Waals surface area (Å²) in [5, 5.41) is 166. The molecule has 0 spiro atoms. The van der Waals surface area contributed by atoms with Gasteiger partial charge in [0, 0.05) is 66.8 Å². The largest absolute Gasteiger partial charge is 0.507 e. The molecule has 30 heteroatoms. The van der Waals surface area contributed by atoms with Crippen LogP contribution in [0.2, 0.25) is 0 Å². The second kappa shape index (κ2) is 28.4. The van der Waals surface area contributed by atoms with Crippen LogP contribution >= 0.6 is 0 Å². The van der Waals surface area contributed by atoms with E-state index in [1.807, 2.05) is 5.32 Å². The Morgan fingerprint density at radius 1 is 0.559 bits per heavy atom. The molecule has 15 atom stereocenters. The van der Waals surface area contributed by atoms with E-state index in [9.17, 15) is 95.8 Å². The summed E-state index contributed by atoms with van der Waals surface area (Å²) in [6, 6.07) is -3.34. The van der Waals surface area contributed by atoms with E-state index in [1.54, 1.807) is 0 Å². The number of hydrogen-bond acceptors (Lipinski definition) is 26. The number of rotatable bonds is 26. The Hall–Kier alpha value is -4.26. The van der Waals surface area contributed by atoms with Crippen molar-refractivity contribution in [3.63, 3.8) is 0 Å². The first-order valence-electron chi connectivity index (χ1n) is 20.8. The normalized spacial score (nSPS) is 28.7. The predicted molar refractivity (Wildman–Crippen MR) is 220 cm³/mol. The van der Waals surface area contributed by atoms with Crippen LogP contribution in [0.5, 0.6) is 0 Å². The third kappa shape index (κ3) is 16.7. The van der Waals surface area contributed by atoms with Gasteiger partial charge in [0.1, 0.15) is 95.3 Å². The third-order valence-electron chi connectivity index (χ3n) is 9.93. The van der Waals surface area contributed by atoms with Crippen LogP contribution in [0.4, 0.5) is 0 Å². The first-order valence-corrected chi connectivity index (χ1v) is 20.8. The first-order chi connectivity index (χ1) is 31.9. The summed E-state index contributed by atoms with van der Waals surface area (Å²) < 4.78 is 33.7. The standard InChI is InChI=1S/C38H65N5O25/c1-13(49)40-23(34(59)60)27(53)17(5-8-44)63-35(61)24(41-14(2)50)29(55)19(7-10-46)65-38-26(43-16(4)52)32(58)33(21(12-48)67-38)68-36(62)25(42-15(3)51)28(54)18(6-9-45)64-37-22(39)31(57)30(56)20(11-47)66-37/h17-22,26,30-38,44-48,53-62H,5-12,39H2,1-4H3,(H,40,49)(H,41,50)(H,42,51)(H,43,52)/b27-23+,28-25-,29-24-. The maximum absolute atomic E-state index is 12.5. The zero-order chi connectivity index (χ0) is 51.7. The second-order valence-corrected chi connectivity index (χ2v) is 15.3. The fraction of sp³-hybridized carbons (Fsp3) is 0.737. The average molecular weight is 992 g/mol. The van der Waals surface area contributed by atoms with Crippen LogP contribution in [0.3, 0.4) is 0 Å². The van der Waals surface area contributed by atoms with E-state index in [-0.39, 0.29) is 0 Å². The molecule has 0 aromatic heterocycles. The molecule has 68 heavy (non-hydrogen) atoms. The van der Waals surface area contributed by atoms with Crippen molar-refractivity contribution in [1.29, 1.82) is 0 Å². The van der Waals surface area contributed by atoms with Gasteiger partial charge in [-0.05, 0) is 0 Å². The van der Waals surface area contributed by atoms with Crippen LogP contribution in [0.1, 0.15) is 47.0 Å². The molecule has 0 aromatic carbocycles. The lowest BCUT2D eigenvalue weighted by Crippen LogP contribution is -2.66. The van der Waals surface area contributed by atoms with Crippen molar-refractivity contribution < 1.29 is 124 Å². The average Bonchev–Trinajstić information content (AvgIpc) is 3.26. The monoisotopic (exact) mass is 991 g/mol. The van der Waals surface area contributed by atoms with Gasteiger partial charge in [0.2, 0.25) is 29.9 Å². The molecular weight excluding hydrogens is 926 g/mol. The quantitative estimate of drug-likeness (QED) is 0.0283.